The van der Waals surface area contributed by atoms with Gasteiger partial charge in [0.25, 0.3) is 0 Å². The summed E-state index contributed by atoms with van der Waals surface area (Å²) in [6.07, 6.45) is 1.68. The summed E-state index contributed by atoms with van der Waals surface area (Å²) in [5.74, 6) is 0.705. The molecular weight excluding hydrogens is 138 g/mol. The molecule has 0 bridgehead atoms. The summed E-state index contributed by atoms with van der Waals surface area (Å²) in [7, 11) is 4.26. The molecule has 3 unspecified atom stereocenters. The van der Waals surface area contributed by atoms with Crippen molar-refractivity contribution in [1.29, 1.82) is 0 Å². The highest BCUT2D eigenvalue weighted by Gasteiger charge is 2.37. The van der Waals surface area contributed by atoms with Crippen LogP contribution in [0.4, 0.5) is 0 Å². The van der Waals surface area contributed by atoms with Crippen LogP contribution in [0.15, 0.2) is 0 Å². The predicted octanol–water partition coefficient (Wildman–Crippen LogP) is 1.81. The Balaban J connectivity index is 2.63. The molecule has 1 aliphatic rings. The van der Waals surface area contributed by atoms with Crippen LogP contribution in [0, 0.1) is 5.92 Å². The van der Waals surface area contributed by atoms with Crippen molar-refractivity contribution in [2.45, 2.75) is 39.3 Å². The Morgan fingerprint density at radius 1 is 1.18 bits per heavy atom. The Labute approximate surface area is 69.7 Å². The van der Waals surface area contributed by atoms with E-state index in [1.807, 2.05) is 0 Å². The maximum absolute atomic E-state index is 5.84. The molecule has 0 N–H and O–H groups in total. The summed E-state index contributed by atoms with van der Waals surface area (Å²) in [4.78, 5) is 5.84. The summed E-state index contributed by atoms with van der Waals surface area (Å²) in [5.41, 5.74) is 0. The van der Waals surface area contributed by atoms with Gasteiger partial charge in [-0.25, -0.2) is 0 Å². The number of hydroxylamine groups is 3. The first-order chi connectivity index (χ1) is 4.93. The van der Waals surface area contributed by atoms with Gasteiger partial charge in [0.1, 0.15) is 12.1 Å². The Morgan fingerprint density at radius 2 is 1.73 bits per heavy atom. The molecule has 1 rings (SSSR count). The molecule has 66 valence electrons. The van der Waals surface area contributed by atoms with Crippen molar-refractivity contribution in [3.8, 4) is 0 Å². The van der Waals surface area contributed by atoms with Gasteiger partial charge in [-0.1, -0.05) is 6.92 Å². The third kappa shape index (κ3) is 1.74. The van der Waals surface area contributed by atoms with E-state index in [-0.39, 0.29) is 0 Å². The van der Waals surface area contributed by atoms with Gasteiger partial charge < -0.3 is 0 Å². The van der Waals surface area contributed by atoms with E-state index in [2.05, 4.69) is 34.9 Å². The van der Waals surface area contributed by atoms with Crippen molar-refractivity contribution in [3.63, 3.8) is 0 Å². The highest BCUT2D eigenvalue weighted by atomic mass is 16.7. The summed E-state index contributed by atoms with van der Waals surface area (Å²) in [5, 5.41) is 0. The molecule has 0 aromatic rings. The van der Waals surface area contributed by atoms with Crippen LogP contribution in [-0.4, -0.2) is 30.9 Å². The smallest absolute Gasteiger partial charge is 0.117 e. The zero-order valence-corrected chi connectivity index (χ0v) is 8.29. The number of hydrogen-bond acceptors (Lipinski definition) is 1. The quantitative estimate of drug-likeness (QED) is 0.489. The number of hydrogen-bond donors (Lipinski definition) is 0. The van der Waals surface area contributed by atoms with Gasteiger partial charge >= 0.3 is 0 Å². The van der Waals surface area contributed by atoms with Crippen LogP contribution in [0.25, 0.3) is 0 Å². The normalized spacial score (nSPS) is 43.9. The summed E-state index contributed by atoms with van der Waals surface area (Å²) >= 11 is 0. The third-order valence-corrected chi connectivity index (χ3v) is 3.01. The molecule has 0 saturated carbocycles. The molecular formula is C9H20NO+. The molecule has 0 aromatic heterocycles. The lowest BCUT2D eigenvalue weighted by Crippen LogP contribution is -2.55. The van der Waals surface area contributed by atoms with Gasteiger partial charge in [-0.2, -0.15) is 9.48 Å². The average molecular weight is 158 g/mol. The van der Waals surface area contributed by atoms with Crippen LogP contribution < -0.4 is 0 Å². The first kappa shape index (κ1) is 9.01. The minimum absolute atomic E-state index is 0.404. The highest BCUT2D eigenvalue weighted by Crippen LogP contribution is 2.28. The lowest BCUT2D eigenvalue weighted by molar-refractivity contribution is -1.11. The van der Waals surface area contributed by atoms with Crippen molar-refractivity contribution in [1.82, 2.24) is 0 Å². The largest absolute Gasteiger partial charge is 0.200 e. The van der Waals surface area contributed by atoms with Gasteiger partial charge in [0.2, 0.25) is 0 Å². The standard InChI is InChI=1S/C9H20NO/c1-7-6-8(2)10(4,5)11-9(7)3/h7-9H,6H2,1-5H3/q+1. The van der Waals surface area contributed by atoms with Crippen LogP contribution in [0.1, 0.15) is 27.2 Å². The lowest BCUT2D eigenvalue weighted by Gasteiger charge is -2.42. The minimum atomic E-state index is 0.404. The van der Waals surface area contributed by atoms with E-state index in [9.17, 15) is 0 Å². The number of quaternary nitrogens is 1. The second-order valence-corrected chi connectivity index (χ2v) is 4.31. The van der Waals surface area contributed by atoms with E-state index in [4.69, 9.17) is 4.84 Å². The second kappa shape index (κ2) is 2.76. The molecule has 1 heterocycles. The van der Waals surface area contributed by atoms with Crippen molar-refractivity contribution in [2.24, 2.45) is 5.92 Å². The molecule has 0 aromatic carbocycles. The fourth-order valence-electron chi connectivity index (χ4n) is 1.62. The zero-order valence-electron chi connectivity index (χ0n) is 8.29. The molecule has 1 aliphatic heterocycles. The monoisotopic (exact) mass is 158 g/mol. The van der Waals surface area contributed by atoms with Crippen molar-refractivity contribution < 1.29 is 9.48 Å². The van der Waals surface area contributed by atoms with Gasteiger partial charge in [-0.15, -0.1) is 0 Å². The fraction of sp³-hybridized carbons (Fsp3) is 1.00. The lowest BCUT2D eigenvalue weighted by atomic mass is 9.95. The van der Waals surface area contributed by atoms with Crippen molar-refractivity contribution in [2.75, 3.05) is 14.1 Å². The van der Waals surface area contributed by atoms with E-state index < -0.39 is 0 Å². The SMILES string of the molecule is CC1CC(C)[N+](C)(C)OC1C. The molecule has 0 radical (unpaired) electrons. The first-order valence-corrected chi connectivity index (χ1v) is 4.45. The maximum atomic E-state index is 5.84. The zero-order chi connectivity index (χ0) is 8.65. The first-order valence-electron chi connectivity index (χ1n) is 4.45. The molecule has 3 atom stereocenters. The fourth-order valence-corrected chi connectivity index (χ4v) is 1.62. The van der Waals surface area contributed by atoms with Crippen molar-refractivity contribution >= 4 is 0 Å². The van der Waals surface area contributed by atoms with Gasteiger partial charge in [0.05, 0.1) is 14.1 Å². The molecule has 0 amide bonds. The molecule has 11 heavy (non-hydrogen) atoms. The van der Waals surface area contributed by atoms with E-state index in [1.54, 1.807) is 0 Å². The Bertz CT molecular complexity index is 144. The molecule has 1 fully saturated rings. The van der Waals surface area contributed by atoms with Gasteiger partial charge in [0, 0.05) is 6.42 Å². The average Bonchev–Trinajstić information content (AvgIpc) is 1.83. The van der Waals surface area contributed by atoms with Gasteiger partial charge in [-0.05, 0) is 19.8 Å². The highest BCUT2D eigenvalue weighted by molar-refractivity contribution is 4.67. The molecule has 2 nitrogen and oxygen atoms in total. The summed E-state index contributed by atoms with van der Waals surface area (Å²) in [6, 6.07) is 0.626. The van der Waals surface area contributed by atoms with E-state index in [0.717, 1.165) is 0 Å². The molecule has 0 aliphatic carbocycles. The Morgan fingerprint density at radius 3 is 2.18 bits per heavy atom. The van der Waals surface area contributed by atoms with E-state index >= 15 is 0 Å². The summed E-state index contributed by atoms with van der Waals surface area (Å²) in [6.45, 7) is 6.68. The van der Waals surface area contributed by atoms with Crippen LogP contribution >= 0.6 is 0 Å². The van der Waals surface area contributed by atoms with Crippen LogP contribution in [0.3, 0.4) is 0 Å². The van der Waals surface area contributed by atoms with Gasteiger partial charge in [0.15, 0.2) is 0 Å². The minimum Gasteiger partial charge on any atom is -0.200 e. The van der Waals surface area contributed by atoms with E-state index in [0.29, 0.717) is 22.7 Å². The Hall–Kier alpha value is -0.0800. The van der Waals surface area contributed by atoms with Gasteiger partial charge in [-0.3, -0.25) is 0 Å². The van der Waals surface area contributed by atoms with Crippen molar-refractivity contribution in [3.05, 3.63) is 0 Å². The Kier molecular flexibility index (Phi) is 2.26. The molecule has 0 spiro atoms. The van der Waals surface area contributed by atoms with Crippen LogP contribution in [0.2, 0.25) is 0 Å². The summed E-state index contributed by atoms with van der Waals surface area (Å²) < 4.78 is 0.714. The predicted molar refractivity (Wildman–Crippen MR) is 45.9 cm³/mol. The van der Waals surface area contributed by atoms with E-state index in [1.165, 1.54) is 6.42 Å². The molecule has 2 heteroatoms. The number of nitrogens with zero attached hydrogens (tertiary/aromatic N) is 1. The number of rotatable bonds is 0. The second-order valence-electron chi connectivity index (χ2n) is 4.31. The third-order valence-electron chi connectivity index (χ3n) is 3.01. The topological polar surface area (TPSA) is 9.23 Å². The maximum Gasteiger partial charge on any atom is 0.117 e. The molecule has 1 saturated heterocycles. The van der Waals surface area contributed by atoms with Crippen LogP contribution in [-0.2, 0) is 4.84 Å². The van der Waals surface area contributed by atoms with Crippen LogP contribution in [0.5, 0.6) is 0 Å².